The zero-order valence-electron chi connectivity index (χ0n) is 10.9. The number of hydrogen-bond acceptors (Lipinski definition) is 3. The number of carbonyl (C=O) groups is 1. The number of carbonyl (C=O) groups excluding carboxylic acids is 1. The van der Waals surface area contributed by atoms with Crippen molar-refractivity contribution in [2.24, 2.45) is 7.05 Å². The molecule has 0 fully saturated rings. The first-order chi connectivity index (χ1) is 9.06. The molecule has 6 nitrogen and oxygen atoms in total. The lowest BCUT2D eigenvalue weighted by Gasteiger charge is -2.03. The predicted molar refractivity (Wildman–Crippen MR) is 72.1 cm³/mol. The van der Waals surface area contributed by atoms with Crippen LogP contribution in [0.2, 0.25) is 5.02 Å². The van der Waals surface area contributed by atoms with Crippen LogP contribution in [0.15, 0.2) is 18.6 Å². The molecule has 0 aliphatic carbocycles. The van der Waals surface area contributed by atoms with Crippen molar-refractivity contribution in [3.8, 4) is 0 Å². The van der Waals surface area contributed by atoms with Crippen LogP contribution in [0.3, 0.4) is 0 Å². The van der Waals surface area contributed by atoms with Gasteiger partial charge in [0.2, 0.25) is 0 Å². The second-order valence-corrected chi connectivity index (χ2v) is 4.74. The van der Waals surface area contributed by atoms with Crippen molar-refractivity contribution < 1.29 is 4.79 Å². The minimum absolute atomic E-state index is 0.109. The highest BCUT2D eigenvalue weighted by atomic mass is 35.5. The van der Waals surface area contributed by atoms with Gasteiger partial charge < -0.3 is 5.32 Å². The molecule has 0 aliphatic rings. The van der Waals surface area contributed by atoms with E-state index >= 15 is 0 Å². The standard InChI is InChI=1S/C12H16ClN5O/c1-9-11(13)8-18(16-9)5-3-4-14-12(19)10-6-15-17(2)7-10/h6-8H,3-5H2,1-2H3,(H,14,19). The number of hydrogen-bond donors (Lipinski definition) is 1. The van der Waals surface area contributed by atoms with Gasteiger partial charge in [0.25, 0.3) is 5.91 Å². The van der Waals surface area contributed by atoms with Gasteiger partial charge in [-0.3, -0.25) is 14.2 Å². The van der Waals surface area contributed by atoms with Crippen molar-refractivity contribution in [3.63, 3.8) is 0 Å². The fraction of sp³-hybridized carbons (Fsp3) is 0.417. The summed E-state index contributed by atoms with van der Waals surface area (Å²) in [5, 5.41) is 11.7. The van der Waals surface area contributed by atoms with Crippen LogP contribution in [0, 0.1) is 6.92 Å². The van der Waals surface area contributed by atoms with Crippen LogP contribution >= 0.6 is 11.6 Å². The van der Waals surface area contributed by atoms with E-state index in [1.807, 2.05) is 6.92 Å². The summed E-state index contributed by atoms with van der Waals surface area (Å²) in [7, 11) is 1.78. The highest BCUT2D eigenvalue weighted by molar-refractivity contribution is 6.31. The molecule has 7 heteroatoms. The first kappa shape index (κ1) is 13.6. The molecule has 0 saturated heterocycles. The van der Waals surface area contributed by atoms with Crippen LogP contribution in [0.4, 0.5) is 0 Å². The van der Waals surface area contributed by atoms with Crippen molar-refractivity contribution in [1.82, 2.24) is 24.9 Å². The quantitative estimate of drug-likeness (QED) is 0.843. The Bertz CT molecular complexity index is 555. The van der Waals surface area contributed by atoms with Gasteiger partial charge in [0.15, 0.2) is 0 Å². The third-order valence-electron chi connectivity index (χ3n) is 2.70. The smallest absolute Gasteiger partial charge is 0.254 e. The third-order valence-corrected chi connectivity index (χ3v) is 3.07. The molecule has 0 bridgehead atoms. The summed E-state index contributed by atoms with van der Waals surface area (Å²) in [5.74, 6) is -0.109. The lowest BCUT2D eigenvalue weighted by molar-refractivity contribution is 0.0952. The molecule has 0 unspecified atom stereocenters. The Balaban J connectivity index is 1.73. The second-order valence-electron chi connectivity index (χ2n) is 4.34. The van der Waals surface area contributed by atoms with Crippen LogP contribution in [0.5, 0.6) is 0 Å². The summed E-state index contributed by atoms with van der Waals surface area (Å²) < 4.78 is 3.39. The van der Waals surface area contributed by atoms with E-state index < -0.39 is 0 Å². The number of nitrogens with one attached hydrogen (secondary N) is 1. The molecule has 2 heterocycles. The molecule has 0 saturated carbocycles. The normalized spacial score (nSPS) is 10.7. The summed E-state index contributed by atoms with van der Waals surface area (Å²) in [4.78, 5) is 11.7. The van der Waals surface area contributed by atoms with Crippen molar-refractivity contribution in [1.29, 1.82) is 0 Å². The summed E-state index contributed by atoms with van der Waals surface area (Å²) in [6, 6.07) is 0. The summed E-state index contributed by atoms with van der Waals surface area (Å²) in [6.45, 7) is 3.17. The number of halogens is 1. The molecule has 102 valence electrons. The van der Waals surface area contributed by atoms with Crippen LogP contribution in [0.1, 0.15) is 22.5 Å². The fourth-order valence-electron chi connectivity index (χ4n) is 1.69. The van der Waals surface area contributed by atoms with E-state index in [0.717, 1.165) is 18.7 Å². The largest absolute Gasteiger partial charge is 0.352 e. The minimum Gasteiger partial charge on any atom is -0.352 e. The van der Waals surface area contributed by atoms with Gasteiger partial charge in [-0.25, -0.2) is 0 Å². The zero-order valence-corrected chi connectivity index (χ0v) is 11.7. The van der Waals surface area contributed by atoms with Crippen molar-refractivity contribution >= 4 is 17.5 Å². The average Bonchev–Trinajstić information content (AvgIpc) is 2.92. The average molecular weight is 282 g/mol. The van der Waals surface area contributed by atoms with E-state index in [4.69, 9.17) is 11.6 Å². The maximum atomic E-state index is 11.7. The Labute approximate surface area is 116 Å². The number of aryl methyl sites for hydroxylation is 3. The van der Waals surface area contributed by atoms with E-state index in [0.29, 0.717) is 17.1 Å². The molecule has 1 N–H and O–H groups in total. The molecule has 0 aromatic carbocycles. The molecule has 2 aromatic heterocycles. The Hall–Kier alpha value is -1.82. The van der Waals surface area contributed by atoms with Crippen LogP contribution < -0.4 is 5.32 Å². The summed E-state index contributed by atoms with van der Waals surface area (Å²) >= 11 is 5.91. The SMILES string of the molecule is Cc1nn(CCCNC(=O)c2cnn(C)c2)cc1Cl. The number of nitrogens with zero attached hydrogens (tertiary/aromatic N) is 4. The molecule has 0 spiro atoms. The maximum absolute atomic E-state index is 11.7. The lowest BCUT2D eigenvalue weighted by atomic mass is 10.3. The Morgan fingerprint density at radius 3 is 2.84 bits per heavy atom. The molecule has 1 amide bonds. The highest BCUT2D eigenvalue weighted by Crippen LogP contribution is 2.11. The molecule has 0 atom stereocenters. The Morgan fingerprint density at radius 2 is 2.26 bits per heavy atom. The third kappa shape index (κ3) is 3.57. The number of amides is 1. The molecule has 0 aliphatic heterocycles. The van der Waals surface area contributed by atoms with Gasteiger partial charge in [-0.2, -0.15) is 10.2 Å². The van der Waals surface area contributed by atoms with Gasteiger partial charge in [-0.05, 0) is 13.3 Å². The van der Waals surface area contributed by atoms with Crippen molar-refractivity contribution in [2.45, 2.75) is 19.9 Å². The summed E-state index contributed by atoms with van der Waals surface area (Å²) in [6.07, 6.45) is 5.82. The first-order valence-electron chi connectivity index (χ1n) is 6.02. The van der Waals surface area contributed by atoms with Gasteiger partial charge in [0, 0.05) is 32.5 Å². The Kier molecular flexibility index (Phi) is 4.21. The first-order valence-corrected chi connectivity index (χ1v) is 6.40. The molecule has 0 radical (unpaired) electrons. The molecular weight excluding hydrogens is 266 g/mol. The van der Waals surface area contributed by atoms with Crippen LogP contribution in [-0.4, -0.2) is 32.0 Å². The van der Waals surface area contributed by atoms with E-state index in [-0.39, 0.29) is 5.91 Å². The van der Waals surface area contributed by atoms with Gasteiger partial charge in [0.05, 0.1) is 22.5 Å². The van der Waals surface area contributed by atoms with Gasteiger partial charge in [-0.15, -0.1) is 0 Å². The van der Waals surface area contributed by atoms with E-state index in [9.17, 15) is 4.79 Å². The molecule has 2 rings (SSSR count). The monoisotopic (exact) mass is 281 g/mol. The van der Waals surface area contributed by atoms with Gasteiger partial charge >= 0.3 is 0 Å². The van der Waals surface area contributed by atoms with Gasteiger partial charge in [0.1, 0.15) is 0 Å². The number of rotatable bonds is 5. The van der Waals surface area contributed by atoms with Crippen LogP contribution in [-0.2, 0) is 13.6 Å². The number of aromatic nitrogens is 4. The van der Waals surface area contributed by atoms with E-state index in [1.54, 1.807) is 35.0 Å². The zero-order chi connectivity index (χ0) is 13.8. The predicted octanol–water partition coefficient (Wildman–Crippen LogP) is 1.40. The van der Waals surface area contributed by atoms with Crippen molar-refractivity contribution in [2.75, 3.05) is 6.54 Å². The molecule has 19 heavy (non-hydrogen) atoms. The molecular formula is C12H16ClN5O. The summed E-state index contributed by atoms with van der Waals surface area (Å²) in [5.41, 5.74) is 1.39. The second kappa shape index (κ2) is 5.88. The maximum Gasteiger partial charge on any atom is 0.254 e. The van der Waals surface area contributed by atoms with Crippen molar-refractivity contribution in [3.05, 3.63) is 34.9 Å². The van der Waals surface area contributed by atoms with E-state index in [2.05, 4.69) is 15.5 Å². The van der Waals surface area contributed by atoms with Crippen LogP contribution in [0.25, 0.3) is 0 Å². The van der Waals surface area contributed by atoms with E-state index in [1.165, 1.54) is 0 Å². The highest BCUT2D eigenvalue weighted by Gasteiger charge is 2.06. The molecule has 2 aromatic rings. The fourth-order valence-corrected chi connectivity index (χ4v) is 1.84. The minimum atomic E-state index is -0.109. The Morgan fingerprint density at radius 1 is 1.47 bits per heavy atom. The van der Waals surface area contributed by atoms with Gasteiger partial charge in [-0.1, -0.05) is 11.6 Å². The lowest BCUT2D eigenvalue weighted by Crippen LogP contribution is -2.25. The topological polar surface area (TPSA) is 64.7 Å².